The molecule has 2 aromatic carbocycles. The molecule has 22 heavy (non-hydrogen) atoms. The number of benzene rings is 2. The highest BCUT2D eigenvalue weighted by Crippen LogP contribution is 2.27. The number of carboxylic acids is 2. The summed E-state index contributed by atoms with van der Waals surface area (Å²) in [6.45, 7) is 0. The first kappa shape index (κ1) is 15.9. The summed E-state index contributed by atoms with van der Waals surface area (Å²) in [5, 5.41) is 16.7. The zero-order chi connectivity index (χ0) is 16.5. The molecule has 0 radical (unpaired) electrons. The normalized spacial score (nSPS) is 14.4. The number of fused-ring (bicyclic) bond motifs is 1. The second kappa shape index (κ2) is 5.74. The quantitative estimate of drug-likeness (QED) is 0.728. The zero-order valence-corrected chi connectivity index (χ0v) is 12.0. The molecule has 8 heteroatoms. The van der Waals surface area contributed by atoms with E-state index in [1.807, 2.05) is 0 Å². The van der Waals surface area contributed by atoms with Crippen LogP contribution in [0.15, 0.2) is 47.4 Å². The van der Waals surface area contributed by atoms with E-state index in [4.69, 9.17) is 15.9 Å². The molecule has 0 amide bonds. The summed E-state index contributed by atoms with van der Waals surface area (Å²) in [4.78, 5) is 22.0. The molecule has 0 bridgehead atoms. The van der Waals surface area contributed by atoms with Crippen LogP contribution in [0.5, 0.6) is 0 Å². The van der Waals surface area contributed by atoms with Crippen molar-refractivity contribution in [2.45, 2.75) is 16.2 Å². The maximum atomic E-state index is 12.6. The first-order valence-electron chi connectivity index (χ1n) is 6.19. The Hall–Kier alpha value is -2.45. The topological polar surface area (TPSA) is 135 Å². The number of rotatable bonds is 5. The van der Waals surface area contributed by atoms with E-state index in [9.17, 15) is 18.0 Å². The van der Waals surface area contributed by atoms with Gasteiger partial charge in [0.15, 0.2) is 15.1 Å². The lowest BCUT2D eigenvalue weighted by Gasteiger charge is -2.18. The van der Waals surface area contributed by atoms with Crippen molar-refractivity contribution in [2.75, 3.05) is 0 Å². The number of aliphatic carboxylic acids is 2. The highest BCUT2D eigenvalue weighted by molar-refractivity contribution is 7.93. The van der Waals surface area contributed by atoms with Crippen molar-refractivity contribution in [1.29, 1.82) is 0 Å². The second-order valence-electron chi connectivity index (χ2n) is 4.65. The Bertz CT molecular complexity index is 840. The molecular formula is C14H13NO6S. The number of carbonyl (C=O) groups is 2. The predicted octanol–water partition coefficient (Wildman–Crippen LogP) is 0.479. The molecule has 4 N–H and O–H groups in total. The van der Waals surface area contributed by atoms with Crippen LogP contribution in [-0.2, 0) is 19.4 Å². The van der Waals surface area contributed by atoms with E-state index in [1.54, 1.807) is 24.3 Å². The van der Waals surface area contributed by atoms with Gasteiger partial charge >= 0.3 is 11.9 Å². The van der Waals surface area contributed by atoms with Gasteiger partial charge in [-0.15, -0.1) is 0 Å². The van der Waals surface area contributed by atoms with E-state index < -0.39 is 33.1 Å². The van der Waals surface area contributed by atoms with Crippen LogP contribution >= 0.6 is 0 Å². The fraction of sp³-hybridized carbons (Fsp3) is 0.143. The SMILES string of the molecule is N[C@H](C(=O)O)C(C(=O)O)S(=O)(=O)c1cccc2ccccc12. The Kier molecular flexibility index (Phi) is 4.16. The van der Waals surface area contributed by atoms with Gasteiger partial charge in [-0.25, -0.2) is 8.42 Å². The second-order valence-corrected chi connectivity index (χ2v) is 6.68. The van der Waals surface area contributed by atoms with Gasteiger partial charge in [0.05, 0.1) is 4.90 Å². The standard InChI is InChI=1S/C14H13NO6S/c15-11(13(16)17)12(14(18)19)22(20,21)10-7-3-5-8-4-1-2-6-9(8)10/h1-7,11-12H,15H2,(H,16,17)(H,18,19)/t11-,12?/m0/s1. The molecule has 0 spiro atoms. The molecule has 0 aliphatic heterocycles. The van der Waals surface area contributed by atoms with E-state index in [-0.39, 0.29) is 4.90 Å². The molecule has 0 saturated heterocycles. The molecule has 1 unspecified atom stereocenters. The molecule has 0 saturated carbocycles. The first-order valence-corrected chi connectivity index (χ1v) is 7.74. The van der Waals surface area contributed by atoms with Crippen molar-refractivity contribution in [3.05, 3.63) is 42.5 Å². The third-order valence-corrected chi connectivity index (χ3v) is 5.38. The molecule has 116 valence electrons. The lowest BCUT2D eigenvalue weighted by atomic mass is 10.1. The van der Waals surface area contributed by atoms with Gasteiger partial charge in [0.2, 0.25) is 0 Å². The number of carboxylic acid groups (broad SMARTS) is 2. The van der Waals surface area contributed by atoms with E-state index in [2.05, 4.69) is 0 Å². The van der Waals surface area contributed by atoms with Crippen molar-refractivity contribution in [2.24, 2.45) is 5.73 Å². The number of hydrogen-bond acceptors (Lipinski definition) is 5. The van der Waals surface area contributed by atoms with Crippen LogP contribution < -0.4 is 5.73 Å². The predicted molar refractivity (Wildman–Crippen MR) is 78.2 cm³/mol. The number of sulfone groups is 1. The molecule has 0 aliphatic rings. The van der Waals surface area contributed by atoms with E-state index in [1.165, 1.54) is 18.2 Å². The molecule has 0 heterocycles. The Morgan fingerprint density at radius 2 is 1.55 bits per heavy atom. The van der Waals surface area contributed by atoms with E-state index in [0.717, 1.165) is 0 Å². The maximum Gasteiger partial charge on any atom is 0.324 e. The average molecular weight is 323 g/mol. The van der Waals surface area contributed by atoms with Crippen molar-refractivity contribution < 1.29 is 28.2 Å². The lowest BCUT2D eigenvalue weighted by Crippen LogP contribution is -2.50. The van der Waals surface area contributed by atoms with Crippen molar-refractivity contribution in [3.63, 3.8) is 0 Å². The van der Waals surface area contributed by atoms with Crippen LogP contribution in [0.4, 0.5) is 0 Å². The average Bonchev–Trinajstić information content (AvgIpc) is 2.45. The van der Waals surface area contributed by atoms with Gasteiger partial charge in [0.25, 0.3) is 0 Å². The monoisotopic (exact) mass is 323 g/mol. The fourth-order valence-electron chi connectivity index (χ4n) is 2.19. The summed E-state index contributed by atoms with van der Waals surface area (Å²) in [6.07, 6.45) is 0. The van der Waals surface area contributed by atoms with Crippen molar-refractivity contribution >= 4 is 32.5 Å². The molecule has 2 aromatic rings. The third-order valence-electron chi connectivity index (χ3n) is 3.25. The van der Waals surface area contributed by atoms with E-state index >= 15 is 0 Å². The summed E-state index contributed by atoms with van der Waals surface area (Å²) >= 11 is 0. The molecule has 0 aromatic heterocycles. The van der Waals surface area contributed by atoms with Gasteiger partial charge < -0.3 is 15.9 Å². The molecule has 7 nitrogen and oxygen atoms in total. The van der Waals surface area contributed by atoms with Crippen LogP contribution in [0, 0.1) is 0 Å². The van der Waals surface area contributed by atoms with Crippen LogP contribution in [-0.4, -0.2) is 41.9 Å². The minimum atomic E-state index is -4.48. The van der Waals surface area contributed by atoms with Gasteiger partial charge in [-0.2, -0.15) is 0 Å². The maximum absolute atomic E-state index is 12.6. The number of nitrogens with two attached hydrogens (primary N) is 1. The molecule has 0 fully saturated rings. The van der Waals surface area contributed by atoms with Crippen LogP contribution in [0.25, 0.3) is 10.8 Å². The molecule has 2 atom stereocenters. The molecular weight excluding hydrogens is 310 g/mol. The Morgan fingerprint density at radius 3 is 2.14 bits per heavy atom. The van der Waals surface area contributed by atoms with Gasteiger partial charge in [-0.3, -0.25) is 9.59 Å². The summed E-state index contributed by atoms with van der Waals surface area (Å²) in [5.74, 6) is -3.50. The Labute approximate surface area is 125 Å². The lowest BCUT2D eigenvalue weighted by molar-refractivity contribution is -0.144. The van der Waals surface area contributed by atoms with Crippen LogP contribution in [0.1, 0.15) is 0 Å². The van der Waals surface area contributed by atoms with Gasteiger partial charge in [0, 0.05) is 5.39 Å². The highest BCUT2D eigenvalue weighted by Gasteiger charge is 2.43. The van der Waals surface area contributed by atoms with Crippen molar-refractivity contribution in [3.8, 4) is 0 Å². The van der Waals surface area contributed by atoms with E-state index in [0.29, 0.717) is 10.8 Å². The minimum Gasteiger partial charge on any atom is -0.480 e. The summed E-state index contributed by atoms with van der Waals surface area (Å²) < 4.78 is 25.2. The zero-order valence-electron chi connectivity index (χ0n) is 11.2. The summed E-state index contributed by atoms with van der Waals surface area (Å²) in [7, 11) is -4.48. The highest BCUT2D eigenvalue weighted by atomic mass is 32.2. The molecule has 2 rings (SSSR count). The summed E-state index contributed by atoms with van der Waals surface area (Å²) in [5.41, 5.74) is 5.27. The largest absolute Gasteiger partial charge is 0.480 e. The smallest absolute Gasteiger partial charge is 0.324 e. The van der Waals surface area contributed by atoms with Crippen LogP contribution in [0.3, 0.4) is 0 Å². The summed E-state index contributed by atoms with van der Waals surface area (Å²) in [6, 6.07) is 8.80. The molecule has 0 aliphatic carbocycles. The van der Waals surface area contributed by atoms with Crippen LogP contribution in [0.2, 0.25) is 0 Å². The van der Waals surface area contributed by atoms with Crippen molar-refractivity contribution in [1.82, 2.24) is 0 Å². The Morgan fingerprint density at radius 1 is 0.955 bits per heavy atom. The Balaban J connectivity index is 2.70. The fourth-order valence-corrected chi connectivity index (χ4v) is 3.99. The number of hydrogen-bond donors (Lipinski definition) is 3. The first-order chi connectivity index (χ1) is 10.3. The van der Waals surface area contributed by atoms with Gasteiger partial charge in [-0.1, -0.05) is 36.4 Å². The van der Waals surface area contributed by atoms with Gasteiger partial charge in [-0.05, 0) is 11.5 Å². The third kappa shape index (κ3) is 2.66. The van der Waals surface area contributed by atoms with Gasteiger partial charge in [0.1, 0.15) is 6.04 Å². The minimum absolute atomic E-state index is 0.255.